The molecule has 1 saturated heterocycles. The molecule has 2 N–H and O–H groups in total. The molecule has 0 amide bonds. The topological polar surface area (TPSA) is 67.5 Å². The van der Waals surface area contributed by atoms with Gasteiger partial charge < -0.3 is 14.9 Å². The van der Waals surface area contributed by atoms with E-state index in [1.807, 2.05) is 0 Å². The third kappa shape index (κ3) is 1.46. The minimum atomic E-state index is -0.676. The summed E-state index contributed by atoms with van der Waals surface area (Å²) >= 11 is 0. The molecule has 72 valence electrons. The first-order valence-corrected chi connectivity index (χ1v) is 4.22. The van der Waals surface area contributed by atoms with Gasteiger partial charge in [0.2, 0.25) is 0 Å². The van der Waals surface area contributed by atoms with Crippen molar-refractivity contribution in [3.8, 4) is 0 Å². The van der Waals surface area contributed by atoms with Gasteiger partial charge in [-0.25, -0.2) is 4.68 Å². The molecule has 0 radical (unpaired) electrons. The molecule has 0 aliphatic carbocycles. The Morgan fingerprint density at radius 2 is 2.46 bits per heavy atom. The molecular formula is C8H12N2O3. The Morgan fingerprint density at radius 1 is 1.62 bits per heavy atom. The van der Waals surface area contributed by atoms with E-state index in [0.717, 1.165) is 0 Å². The summed E-state index contributed by atoms with van der Waals surface area (Å²) in [6, 6.07) is 1.77. The van der Waals surface area contributed by atoms with E-state index in [1.54, 1.807) is 23.1 Å². The number of ether oxygens (including phenoxy) is 1. The number of aliphatic hydroxyl groups excluding tert-OH is 2. The monoisotopic (exact) mass is 184 g/mol. The van der Waals surface area contributed by atoms with Crippen LogP contribution in [0.3, 0.4) is 0 Å². The summed E-state index contributed by atoms with van der Waals surface area (Å²) in [5.74, 6) is -0.200. The van der Waals surface area contributed by atoms with Crippen molar-refractivity contribution >= 4 is 0 Å². The highest BCUT2D eigenvalue weighted by Gasteiger charge is 2.36. The first-order chi connectivity index (χ1) is 6.33. The molecule has 5 heteroatoms. The molecule has 1 aliphatic heterocycles. The van der Waals surface area contributed by atoms with Crippen LogP contribution in [-0.2, 0) is 4.74 Å². The van der Waals surface area contributed by atoms with Gasteiger partial charge in [-0.3, -0.25) is 0 Å². The fourth-order valence-corrected chi connectivity index (χ4v) is 1.48. The highest BCUT2D eigenvalue weighted by atomic mass is 16.5. The van der Waals surface area contributed by atoms with Crippen LogP contribution in [0.25, 0.3) is 0 Å². The van der Waals surface area contributed by atoms with Crippen molar-refractivity contribution in [3.05, 3.63) is 18.5 Å². The largest absolute Gasteiger partial charge is 0.396 e. The Bertz CT molecular complexity index is 262. The van der Waals surface area contributed by atoms with Gasteiger partial charge in [0.25, 0.3) is 0 Å². The number of aromatic nitrogens is 2. The zero-order valence-corrected chi connectivity index (χ0v) is 7.08. The average Bonchev–Trinajstić information content (AvgIpc) is 2.72. The SMILES string of the molecule is OC[C@H]1CO[C@@H](n2cccn2)[C@@H]1O. The van der Waals surface area contributed by atoms with Gasteiger partial charge in [-0.2, -0.15) is 5.10 Å². The Morgan fingerprint density at radius 3 is 3.00 bits per heavy atom. The molecule has 1 aliphatic rings. The lowest BCUT2D eigenvalue weighted by molar-refractivity contribution is -0.0210. The van der Waals surface area contributed by atoms with E-state index in [4.69, 9.17) is 9.84 Å². The van der Waals surface area contributed by atoms with Crippen molar-refractivity contribution in [2.45, 2.75) is 12.3 Å². The van der Waals surface area contributed by atoms with Gasteiger partial charge in [0.05, 0.1) is 13.2 Å². The Hall–Kier alpha value is -0.910. The number of hydrogen-bond donors (Lipinski definition) is 2. The van der Waals surface area contributed by atoms with E-state index in [0.29, 0.717) is 6.61 Å². The summed E-state index contributed by atoms with van der Waals surface area (Å²) in [6.45, 7) is 0.321. The summed E-state index contributed by atoms with van der Waals surface area (Å²) in [5.41, 5.74) is 0. The summed E-state index contributed by atoms with van der Waals surface area (Å²) in [5, 5.41) is 22.5. The van der Waals surface area contributed by atoms with E-state index in [9.17, 15) is 5.11 Å². The normalized spacial score (nSPS) is 33.8. The fourth-order valence-electron chi connectivity index (χ4n) is 1.48. The Kier molecular flexibility index (Phi) is 2.30. The third-order valence-electron chi connectivity index (χ3n) is 2.28. The van der Waals surface area contributed by atoms with Gasteiger partial charge >= 0.3 is 0 Å². The minimum Gasteiger partial charge on any atom is -0.396 e. The van der Waals surface area contributed by atoms with Crippen molar-refractivity contribution in [2.75, 3.05) is 13.2 Å². The number of aliphatic hydroxyl groups is 2. The average molecular weight is 184 g/mol. The van der Waals surface area contributed by atoms with Crippen LogP contribution in [0, 0.1) is 5.92 Å². The lowest BCUT2D eigenvalue weighted by Gasteiger charge is -2.15. The van der Waals surface area contributed by atoms with Gasteiger partial charge in [-0.05, 0) is 6.07 Å². The maximum atomic E-state index is 9.67. The molecule has 1 fully saturated rings. The molecule has 0 spiro atoms. The second-order valence-electron chi connectivity index (χ2n) is 3.14. The fraction of sp³-hybridized carbons (Fsp3) is 0.625. The molecule has 2 rings (SSSR count). The van der Waals surface area contributed by atoms with Crippen LogP contribution in [0.5, 0.6) is 0 Å². The zero-order valence-electron chi connectivity index (χ0n) is 7.08. The second kappa shape index (κ2) is 3.45. The Labute approximate surface area is 75.6 Å². The molecule has 0 bridgehead atoms. The van der Waals surface area contributed by atoms with Crippen LogP contribution in [0.15, 0.2) is 18.5 Å². The van der Waals surface area contributed by atoms with Crippen LogP contribution >= 0.6 is 0 Å². The van der Waals surface area contributed by atoms with Gasteiger partial charge in [-0.1, -0.05) is 0 Å². The smallest absolute Gasteiger partial charge is 0.176 e. The molecule has 1 aromatic heterocycles. The Balaban J connectivity index is 2.11. The summed E-state index contributed by atoms with van der Waals surface area (Å²) in [7, 11) is 0. The molecule has 0 unspecified atom stereocenters. The van der Waals surface area contributed by atoms with Crippen LogP contribution in [0.4, 0.5) is 0 Å². The third-order valence-corrected chi connectivity index (χ3v) is 2.28. The van der Waals surface area contributed by atoms with Crippen molar-refractivity contribution in [1.82, 2.24) is 9.78 Å². The predicted molar refractivity (Wildman–Crippen MR) is 43.8 cm³/mol. The van der Waals surface area contributed by atoms with E-state index in [-0.39, 0.29) is 12.5 Å². The van der Waals surface area contributed by atoms with Gasteiger partial charge in [0.1, 0.15) is 6.10 Å². The van der Waals surface area contributed by atoms with Crippen molar-refractivity contribution in [2.24, 2.45) is 5.92 Å². The molecule has 13 heavy (non-hydrogen) atoms. The lowest BCUT2D eigenvalue weighted by atomic mass is 10.1. The quantitative estimate of drug-likeness (QED) is 0.643. The molecule has 1 aromatic rings. The molecule has 2 heterocycles. The van der Waals surface area contributed by atoms with Crippen LogP contribution in [0.1, 0.15) is 6.23 Å². The highest BCUT2D eigenvalue weighted by Crippen LogP contribution is 2.27. The predicted octanol–water partition coefficient (Wildman–Crippen LogP) is -0.619. The van der Waals surface area contributed by atoms with Gasteiger partial charge in [0.15, 0.2) is 6.23 Å². The van der Waals surface area contributed by atoms with Crippen molar-refractivity contribution in [1.29, 1.82) is 0 Å². The lowest BCUT2D eigenvalue weighted by Crippen LogP contribution is -2.26. The minimum absolute atomic E-state index is 0.0566. The molecule has 0 aromatic carbocycles. The summed E-state index contributed by atoms with van der Waals surface area (Å²) in [4.78, 5) is 0. The molecular weight excluding hydrogens is 172 g/mol. The molecule has 0 saturated carbocycles. The summed E-state index contributed by atoms with van der Waals surface area (Å²) < 4.78 is 6.86. The second-order valence-corrected chi connectivity index (χ2v) is 3.14. The zero-order chi connectivity index (χ0) is 9.26. The standard InChI is InChI=1S/C8H12N2O3/c11-4-6-5-13-8(7(6)12)10-3-1-2-9-10/h1-3,6-8,11-12H,4-5H2/t6-,7+,8+/m0/s1. The number of nitrogens with zero attached hydrogens (tertiary/aromatic N) is 2. The van der Waals surface area contributed by atoms with Gasteiger partial charge in [-0.15, -0.1) is 0 Å². The molecule has 5 nitrogen and oxygen atoms in total. The number of hydrogen-bond acceptors (Lipinski definition) is 4. The maximum absolute atomic E-state index is 9.67. The van der Waals surface area contributed by atoms with Crippen molar-refractivity contribution < 1.29 is 14.9 Å². The maximum Gasteiger partial charge on any atom is 0.176 e. The van der Waals surface area contributed by atoms with Crippen LogP contribution in [0.2, 0.25) is 0 Å². The first-order valence-electron chi connectivity index (χ1n) is 4.22. The van der Waals surface area contributed by atoms with E-state index in [1.165, 1.54) is 0 Å². The van der Waals surface area contributed by atoms with Gasteiger partial charge in [0, 0.05) is 18.3 Å². The first kappa shape index (κ1) is 8.68. The highest BCUT2D eigenvalue weighted by molar-refractivity contribution is 4.86. The van der Waals surface area contributed by atoms with Crippen LogP contribution < -0.4 is 0 Å². The summed E-state index contributed by atoms with van der Waals surface area (Å²) in [6.07, 6.45) is 2.23. The van der Waals surface area contributed by atoms with E-state index in [2.05, 4.69) is 5.10 Å². The number of rotatable bonds is 2. The van der Waals surface area contributed by atoms with Crippen LogP contribution in [-0.4, -0.2) is 39.3 Å². The van der Waals surface area contributed by atoms with E-state index >= 15 is 0 Å². The van der Waals surface area contributed by atoms with E-state index < -0.39 is 12.3 Å². The van der Waals surface area contributed by atoms with Crippen molar-refractivity contribution in [3.63, 3.8) is 0 Å². The molecule has 3 atom stereocenters.